The number of nitrogens with zero attached hydrogens (tertiary/aromatic N) is 1. The van der Waals surface area contributed by atoms with Gasteiger partial charge in [0.1, 0.15) is 17.4 Å². The molecule has 3 aromatic rings. The van der Waals surface area contributed by atoms with E-state index in [2.05, 4.69) is 16.9 Å². The SMILES string of the molecule is CC/C1=C/C=C\C(=C\O)C(C)(c2cnc(-c3cc(Oc4c(F)c(F)c(N)c(C=N)c4F)ccc3F)[nH]2)CC1. The molecule has 6 nitrogen and oxygen atoms in total. The Labute approximate surface area is 216 Å². The van der Waals surface area contributed by atoms with Crippen LogP contribution in [0.25, 0.3) is 11.4 Å². The molecule has 1 aromatic heterocycles. The summed E-state index contributed by atoms with van der Waals surface area (Å²) in [6.45, 7) is 4.00. The van der Waals surface area contributed by atoms with Crippen molar-refractivity contribution in [3.8, 4) is 22.9 Å². The van der Waals surface area contributed by atoms with Gasteiger partial charge in [0.25, 0.3) is 0 Å². The van der Waals surface area contributed by atoms with Crippen LogP contribution in [-0.4, -0.2) is 21.3 Å². The number of H-pyrrole nitrogens is 1. The molecule has 2 aromatic carbocycles. The highest BCUT2D eigenvalue weighted by molar-refractivity contribution is 5.86. The number of hydrogen-bond donors (Lipinski definition) is 4. The van der Waals surface area contributed by atoms with Crippen LogP contribution in [0.2, 0.25) is 0 Å². The minimum atomic E-state index is -1.68. The maximum Gasteiger partial charge on any atom is 0.206 e. The van der Waals surface area contributed by atoms with Gasteiger partial charge in [-0.1, -0.05) is 30.7 Å². The van der Waals surface area contributed by atoms with Crippen molar-refractivity contribution in [1.29, 1.82) is 5.41 Å². The van der Waals surface area contributed by atoms with Gasteiger partial charge in [0, 0.05) is 23.5 Å². The van der Waals surface area contributed by atoms with Crippen LogP contribution < -0.4 is 10.5 Å². The van der Waals surface area contributed by atoms with E-state index in [1.54, 1.807) is 6.20 Å². The summed E-state index contributed by atoms with van der Waals surface area (Å²) in [4.78, 5) is 7.42. The normalized spacial score (nSPS) is 20.9. The molecule has 38 heavy (non-hydrogen) atoms. The number of allylic oxidation sites excluding steroid dienone is 5. The third-order valence-electron chi connectivity index (χ3n) is 6.87. The number of aromatic amines is 1. The van der Waals surface area contributed by atoms with Crippen molar-refractivity contribution < 1.29 is 27.4 Å². The number of nitrogen functional groups attached to an aromatic ring is 1. The molecule has 0 saturated carbocycles. The van der Waals surface area contributed by atoms with Crippen molar-refractivity contribution >= 4 is 11.9 Å². The highest BCUT2D eigenvalue weighted by Gasteiger charge is 2.33. The second-order valence-electron chi connectivity index (χ2n) is 9.09. The molecule has 1 heterocycles. The molecular weight excluding hydrogens is 500 g/mol. The molecule has 0 fully saturated rings. The van der Waals surface area contributed by atoms with Crippen LogP contribution in [0.4, 0.5) is 23.2 Å². The fourth-order valence-electron chi connectivity index (χ4n) is 4.39. The standard InChI is InChI=1S/C28H26F4N4O2/c1-3-15-5-4-6-16(14-37)28(2,10-9-15)21-13-35-27(36-21)18-11-17(7-8-20(18)29)38-26-22(30)19(12-33)25(34)23(31)24(26)32/h4-8,11-14,33,37H,3,9-10,34H2,1-2H3,(H,35,36)/b6-4-,15-5-,16-14-,33-12?. The van der Waals surface area contributed by atoms with Gasteiger partial charge in [-0.2, -0.15) is 4.39 Å². The molecule has 1 aliphatic carbocycles. The molecule has 1 unspecified atom stereocenters. The predicted molar refractivity (Wildman–Crippen MR) is 137 cm³/mol. The number of nitrogens with one attached hydrogen (secondary N) is 2. The summed E-state index contributed by atoms with van der Waals surface area (Å²) in [6.07, 6.45) is 11.0. The molecule has 198 valence electrons. The summed E-state index contributed by atoms with van der Waals surface area (Å²) in [7, 11) is 0. The van der Waals surface area contributed by atoms with Crippen molar-refractivity contribution in [2.75, 3.05) is 5.73 Å². The maximum absolute atomic E-state index is 14.9. The number of nitrogens with two attached hydrogens (primary N) is 1. The lowest BCUT2D eigenvalue weighted by molar-refractivity contribution is 0.387. The van der Waals surface area contributed by atoms with Gasteiger partial charge in [0.15, 0.2) is 11.6 Å². The lowest BCUT2D eigenvalue weighted by atomic mass is 9.74. The predicted octanol–water partition coefficient (Wildman–Crippen LogP) is 7.39. The third-order valence-corrected chi connectivity index (χ3v) is 6.87. The van der Waals surface area contributed by atoms with Gasteiger partial charge >= 0.3 is 0 Å². The monoisotopic (exact) mass is 526 g/mol. The second-order valence-corrected chi connectivity index (χ2v) is 9.09. The molecule has 10 heteroatoms. The molecule has 5 N–H and O–H groups in total. The number of benzene rings is 2. The number of anilines is 1. The second kappa shape index (κ2) is 10.6. The van der Waals surface area contributed by atoms with Crippen molar-refractivity contribution in [3.63, 3.8) is 0 Å². The summed E-state index contributed by atoms with van der Waals surface area (Å²) in [5.74, 6) is -6.50. The van der Waals surface area contributed by atoms with Crippen LogP contribution in [0, 0.1) is 28.7 Å². The summed E-state index contributed by atoms with van der Waals surface area (Å²) < 4.78 is 63.4. The Kier molecular flexibility index (Phi) is 7.43. The van der Waals surface area contributed by atoms with E-state index in [1.807, 2.05) is 25.2 Å². The molecule has 0 radical (unpaired) electrons. The van der Waals surface area contributed by atoms with Crippen LogP contribution in [0.3, 0.4) is 0 Å². The van der Waals surface area contributed by atoms with E-state index in [1.165, 1.54) is 5.57 Å². The van der Waals surface area contributed by atoms with Crippen molar-refractivity contribution in [1.82, 2.24) is 9.97 Å². The molecule has 0 aliphatic heterocycles. The Morgan fingerprint density at radius 3 is 2.66 bits per heavy atom. The van der Waals surface area contributed by atoms with Gasteiger partial charge in [-0.25, -0.2) is 18.2 Å². The first-order valence-electron chi connectivity index (χ1n) is 11.8. The summed E-state index contributed by atoms with van der Waals surface area (Å²) in [6, 6.07) is 3.30. The zero-order valence-corrected chi connectivity index (χ0v) is 20.7. The van der Waals surface area contributed by atoms with Gasteiger partial charge in [-0.05, 0) is 50.0 Å². The summed E-state index contributed by atoms with van der Waals surface area (Å²) >= 11 is 0. The summed E-state index contributed by atoms with van der Waals surface area (Å²) in [5.41, 5.74) is 5.58. The van der Waals surface area contributed by atoms with Crippen LogP contribution >= 0.6 is 0 Å². The Balaban J connectivity index is 1.72. The fourth-order valence-corrected chi connectivity index (χ4v) is 4.39. The maximum atomic E-state index is 14.9. The first kappa shape index (κ1) is 26.7. The van der Waals surface area contributed by atoms with E-state index in [9.17, 15) is 22.7 Å². The van der Waals surface area contributed by atoms with Crippen LogP contribution in [-0.2, 0) is 5.41 Å². The third kappa shape index (κ3) is 4.69. The number of rotatable bonds is 6. The van der Waals surface area contributed by atoms with E-state index >= 15 is 0 Å². The van der Waals surface area contributed by atoms with Gasteiger partial charge in [-0.3, -0.25) is 0 Å². The minimum absolute atomic E-state index is 0.0635. The van der Waals surface area contributed by atoms with Gasteiger partial charge in [0.05, 0.1) is 23.1 Å². The molecule has 4 rings (SSSR count). The largest absolute Gasteiger partial charge is 0.515 e. The van der Waals surface area contributed by atoms with Gasteiger partial charge in [-0.15, -0.1) is 0 Å². The van der Waals surface area contributed by atoms with E-state index < -0.39 is 45.7 Å². The van der Waals surface area contributed by atoms with Gasteiger partial charge < -0.3 is 26.0 Å². The fraction of sp³-hybridized carbons (Fsp3) is 0.214. The van der Waals surface area contributed by atoms with E-state index in [-0.39, 0.29) is 17.1 Å². The lowest BCUT2D eigenvalue weighted by Gasteiger charge is -2.31. The number of ether oxygens (including phenoxy) is 1. The van der Waals surface area contributed by atoms with Crippen LogP contribution in [0.5, 0.6) is 11.5 Å². The Morgan fingerprint density at radius 2 is 1.97 bits per heavy atom. The Hall–Kier alpha value is -4.34. The lowest BCUT2D eigenvalue weighted by Crippen LogP contribution is -2.25. The highest BCUT2D eigenvalue weighted by Crippen LogP contribution is 2.40. The molecule has 1 aliphatic rings. The molecule has 0 saturated heterocycles. The number of aliphatic hydroxyl groups excluding tert-OH is 1. The Morgan fingerprint density at radius 1 is 1.21 bits per heavy atom. The van der Waals surface area contributed by atoms with Crippen molar-refractivity contribution in [2.24, 2.45) is 0 Å². The number of halogens is 4. The topological polar surface area (TPSA) is 108 Å². The zero-order valence-electron chi connectivity index (χ0n) is 20.7. The van der Waals surface area contributed by atoms with E-state index in [0.29, 0.717) is 23.9 Å². The number of hydrogen-bond acceptors (Lipinski definition) is 5. The van der Waals surface area contributed by atoms with Gasteiger partial charge in [0.2, 0.25) is 11.6 Å². The number of aromatic nitrogens is 2. The molecule has 0 amide bonds. The molecular formula is C28H26F4N4O2. The number of aliphatic hydroxyl groups is 1. The minimum Gasteiger partial charge on any atom is -0.515 e. The van der Waals surface area contributed by atoms with E-state index in [4.69, 9.17) is 15.9 Å². The molecule has 1 atom stereocenters. The number of imidazole rings is 1. The average Bonchev–Trinajstić information content (AvgIpc) is 3.40. The van der Waals surface area contributed by atoms with Crippen molar-refractivity contribution in [3.05, 3.63) is 94.6 Å². The molecule has 0 spiro atoms. The average molecular weight is 527 g/mol. The van der Waals surface area contributed by atoms with Crippen molar-refractivity contribution in [2.45, 2.75) is 38.5 Å². The van der Waals surface area contributed by atoms with E-state index in [0.717, 1.165) is 37.3 Å². The molecule has 0 bridgehead atoms. The van der Waals surface area contributed by atoms with Crippen LogP contribution in [0.15, 0.2) is 60.0 Å². The van der Waals surface area contributed by atoms with Crippen LogP contribution in [0.1, 0.15) is 44.4 Å². The first-order valence-corrected chi connectivity index (χ1v) is 11.8. The smallest absolute Gasteiger partial charge is 0.206 e. The first-order chi connectivity index (χ1) is 18.1. The highest BCUT2D eigenvalue weighted by atomic mass is 19.2. The quantitative estimate of drug-likeness (QED) is 0.0883. The zero-order chi connectivity index (χ0) is 27.6. The summed E-state index contributed by atoms with van der Waals surface area (Å²) in [5, 5.41) is 17.2. The Bertz CT molecular complexity index is 1490.